The summed E-state index contributed by atoms with van der Waals surface area (Å²) in [6.45, 7) is 0.327. The average molecular weight is 316 g/mol. The van der Waals surface area contributed by atoms with Gasteiger partial charge in [-0.1, -0.05) is 24.3 Å². The molecule has 1 aliphatic heterocycles. The maximum absolute atomic E-state index is 14.9. The quantitative estimate of drug-likeness (QED) is 0.881. The van der Waals surface area contributed by atoms with E-state index in [-0.39, 0.29) is 11.7 Å². The van der Waals surface area contributed by atoms with Crippen LogP contribution in [0, 0.1) is 5.82 Å². The molecule has 1 aliphatic rings. The molecule has 0 radical (unpaired) electrons. The van der Waals surface area contributed by atoms with E-state index >= 15 is 0 Å². The van der Waals surface area contributed by atoms with Crippen LogP contribution < -0.4 is 9.47 Å². The van der Waals surface area contributed by atoms with E-state index in [1.807, 2.05) is 6.07 Å². The number of halogens is 1. The van der Waals surface area contributed by atoms with Gasteiger partial charge in [-0.3, -0.25) is 0 Å². The Hall–Kier alpha value is -2.05. The highest BCUT2D eigenvalue weighted by Crippen LogP contribution is 2.37. The highest BCUT2D eigenvalue weighted by molar-refractivity contribution is 6.43. The maximum Gasteiger partial charge on any atom is 0.454 e. The molecule has 1 atom stereocenters. The van der Waals surface area contributed by atoms with Crippen molar-refractivity contribution in [2.24, 2.45) is 0 Å². The van der Waals surface area contributed by atoms with E-state index in [9.17, 15) is 9.41 Å². The predicted molar refractivity (Wildman–Crippen MR) is 86.4 cm³/mol. The molecule has 6 heteroatoms. The monoisotopic (exact) mass is 316 g/mol. The first-order valence-electron chi connectivity index (χ1n) is 7.44. The van der Waals surface area contributed by atoms with E-state index in [2.05, 4.69) is 0 Å². The number of benzene rings is 2. The molecule has 0 aromatic heterocycles. The van der Waals surface area contributed by atoms with Gasteiger partial charge in [0.05, 0.1) is 14.2 Å². The SMILES string of the molecule is COc1ccc(-c2cccc(C3COB(O)C3)c2F)cc1OC. The summed E-state index contributed by atoms with van der Waals surface area (Å²) in [6.07, 6.45) is 0.409. The summed E-state index contributed by atoms with van der Waals surface area (Å²) in [7, 11) is 2.29. The zero-order valence-electron chi connectivity index (χ0n) is 13.1. The number of ether oxygens (including phenoxy) is 2. The normalized spacial score (nSPS) is 17.4. The second kappa shape index (κ2) is 6.60. The van der Waals surface area contributed by atoms with Crippen molar-refractivity contribution in [1.29, 1.82) is 0 Å². The van der Waals surface area contributed by atoms with Gasteiger partial charge in [-0.2, -0.15) is 0 Å². The standard InChI is InChI=1S/C17H18BFO4/c1-21-15-7-6-11(8-16(15)22-2)13-4-3-5-14(17(13)19)12-9-18(20)23-10-12/h3-8,12,20H,9-10H2,1-2H3. The van der Waals surface area contributed by atoms with E-state index in [0.29, 0.717) is 41.1 Å². The molecule has 1 heterocycles. The van der Waals surface area contributed by atoms with Crippen LogP contribution in [0.3, 0.4) is 0 Å². The summed E-state index contributed by atoms with van der Waals surface area (Å²) in [5.41, 5.74) is 1.76. The van der Waals surface area contributed by atoms with Crippen LogP contribution in [0.15, 0.2) is 36.4 Å². The number of rotatable bonds is 4. The molecule has 0 bridgehead atoms. The van der Waals surface area contributed by atoms with Gasteiger partial charge in [0, 0.05) is 18.1 Å². The van der Waals surface area contributed by atoms with Crippen LogP contribution >= 0.6 is 0 Å². The lowest BCUT2D eigenvalue weighted by molar-refractivity contribution is 0.291. The largest absolute Gasteiger partial charge is 0.493 e. The number of methoxy groups -OCH3 is 2. The van der Waals surface area contributed by atoms with E-state index in [4.69, 9.17) is 14.1 Å². The lowest BCUT2D eigenvalue weighted by atomic mass is 9.79. The van der Waals surface area contributed by atoms with Gasteiger partial charge >= 0.3 is 7.12 Å². The Morgan fingerprint density at radius 3 is 2.61 bits per heavy atom. The third-order valence-electron chi connectivity index (χ3n) is 4.14. The van der Waals surface area contributed by atoms with Crippen LogP contribution in [0.2, 0.25) is 6.32 Å². The van der Waals surface area contributed by atoms with Crippen molar-refractivity contribution in [3.05, 3.63) is 47.8 Å². The first kappa shape index (κ1) is 15.8. The number of hydrogen-bond donors (Lipinski definition) is 1. The Labute approximate surface area is 135 Å². The van der Waals surface area contributed by atoms with Crippen molar-refractivity contribution in [1.82, 2.24) is 0 Å². The zero-order valence-corrected chi connectivity index (χ0v) is 13.1. The van der Waals surface area contributed by atoms with Gasteiger partial charge in [-0.25, -0.2) is 4.39 Å². The van der Waals surface area contributed by atoms with Gasteiger partial charge in [0.15, 0.2) is 11.5 Å². The average Bonchev–Trinajstić information content (AvgIpc) is 3.00. The van der Waals surface area contributed by atoms with Gasteiger partial charge in [-0.15, -0.1) is 0 Å². The molecule has 4 nitrogen and oxygen atoms in total. The van der Waals surface area contributed by atoms with Gasteiger partial charge < -0.3 is 19.2 Å². The Kier molecular flexibility index (Phi) is 4.55. The summed E-state index contributed by atoms with van der Waals surface area (Å²) >= 11 is 0. The van der Waals surface area contributed by atoms with Crippen molar-refractivity contribution in [2.45, 2.75) is 12.2 Å². The van der Waals surface area contributed by atoms with Gasteiger partial charge in [0.2, 0.25) is 0 Å². The molecule has 2 aromatic carbocycles. The molecule has 1 unspecified atom stereocenters. The van der Waals surface area contributed by atoms with Crippen LogP contribution in [0.5, 0.6) is 11.5 Å². The third kappa shape index (κ3) is 3.05. The molecule has 0 spiro atoms. The van der Waals surface area contributed by atoms with E-state index in [1.165, 1.54) is 0 Å². The summed E-state index contributed by atoms with van der Waals surface area (Å²) in [5, 5.41) is 9.49. The Bertz CT molecular complexity index is 707. The van der Waals surface area contributed by atoms with Gasteiger partial charge in [0.1, 0.15) is 5.82 Å². The van der Waals surface area contributed by atoms with Gasteiger partial charge in [0.25, 0.3) is 0 Å². The fourth-order valence-corrected chi connectivity index (χ4v) is 2.92. The Morgan fingerprint density at radius 2 is 1.96 bits per heavy atom. The topological polar surface area (TPSA) is 47.9 Å². The lowest BCUT2D eigenvalue weighted by Gasteiger charge is -2.14. The second-order valence-electron chi connectivity index (χ2n) is 5.50. The fourth-order valence-electron chi connectivity index (χ4n) is 2.92. The maximum atomic E-state index is 14.9. The summed E-state index contributed by atoms with van der Waals surface area (Å²) in [6, 6.07) is 10.6. The van der Waals surface area contributed by atoms with Crippen LogP contribution in [0.4, 0.5) is 4.39 Å². The molecule has 23 heavy (non-hydrogen) atoms. The fraction of sp³-hybridized carbons (Fsp3) is 0.294. The summed E-state index contributed by atoms with van der Waals surface area (Å²) in [5.74, 6) is 0.724. The minimum Gasteiger partial charge on any atom is -0.493 e. The molecule has 0 saturated carbocycles. The van der Waals surface area contributed by atoms with Crippen LogP contribution in [0.1, 0.15) is 11.5 Å². The highest BCUT2D eigenvalue weighted by atomic mass is 19.1. The number of hydrogen-bond acceptors (Lipinski definition) is 4. The molecule has 0 amide bonds. The van der Waals surface area contributed by atoms with Crippen LogP contribution in [-0.4, -0.2) is 33.0 Å². The van der Waals surface area contributed by atoms with Crippen LogP contribution in [0.25, 0.3) is 11.1 Å². The molecule has 2 aromatic rings. The van der Waals surface area contributed by atoms with E-state index in [0.717, 1.165) is 0 Å². The molecule has 1 saturated heterocycles. The van der Waals surface area contributed by atoms with Crippen molar-refractivity contribution >= 4 is 7.12 Å². The van der Waals surface area contributed by atoms with Crippen LogP contribution in [-0.2, 0) is 4.65 Å². The van der Waals surface area contributed by atoms with Crippen molar-refractivity contribution in [3.8, 4) is 22.6 Å². The summed E-state index contributed by atoms with van der Waals surface area (Å²) < 4.78 is 30.6. The van der Waals surface area contributed by atoms with Crippen molar-refractivity contribution in [3.63, 3.8) is 0 Å². The molecule has 1 fully saturated rings. The van der Waals surface area contributed by atoms with Crippen molar-refractivity contribution in [2.75, 3.05) is 20.8 Å². The predicted octanol–water partition coefficient (Wildman–Crippen LogP) is 3.10. The first-order chi connectivity index (χ1) is 11.1. The molecule has 120 valence electrons. The minimum atomic E-state index is -0.816. The first-order valence-corrected chi connectivity index (χ1v) is 7.44. The Balaban J connectivity index is 2.00. The van der Waals surface area contributed by atoms with Crippen molar-refractivity contribution < 1.29 is 23.5 Å². The zero-order chi connectivity index (χ0) is 16.4. The molecular weight excluding hydrogens is 298 g/mol. The summed E-state index contributed by atoms with van der Waals surface area (Å²) in [4.78, 5) is 0. The third-order valence-corrected chi connectivity index (χ3v) is 4.14. The molecule has 0 aliphatic carbocycles. The lowest BCUT2D eigenvalue weighted by Crippen LogP contribution is -2.08. The highest BCUT2D eigenvalue weighted by Gasteiger charge is 2.31. The van der Waals surface area contributed by atoms with E-state index < -0.39 is 7.12 Å². The molecular formula is C17H18BFO4. The Morgan fingerprint density at radius 1 is 1.17 bits per heavy atom. The second-order valence-corrected chi connectivity index (χ2v) is 5.50. The van der Waals surface area contributed by atoms with E-state index in [1.54, 1.807) is 44.6 Å². The minimum absolute atomic E-state index is 0.134. The smallest absolute Gasteiger partial charge is 0.454 e. The molecule has 3 rings (SSSR count). The van der Waals surface area contributed by atoms with Gasteiger partial charge in [-0.05, 0) is 29.6 Å². The molecule has 1 N–H and O–H groups in total.